The van der Waals surface area contributed by atoms with Gasteiger partial charge in [-0.25, -0.2) is 14.4 Å². The van der Waals surface area contributed by atoms with E-state index in [1.54, 1.807) is 31.8 Å². The minimum absolute atomic E-state index is 0.0311. The van der Waals surface area contributed by atoms with E-state index in [4.69, 9.17) is 4.74 Å². The Hall–Kier alpha value is -4.40. The normalized spacial score (nSPS) is 11.9. The molecule has 0 saturated carbocycles. The highest BCUT2D eigenvalue weighted by molar-refractivity contribution is 5.89. The lowest BCUT2D eigenvalue weighted by molar-refractivity contribution is 0.250. The molecule has 2 aromatic heterocycles. The maximum Gasteiger partial charge on any atom is 0.158 e. The van der Waals surface area contributed by atoms with Crippen LogP contribution in [0.15, 0.2) is 73.2 Å². The average Bonchev–Trinajstić information content (AvgIpc) is 2.97. The molecule has 8 heteroatoms. The minimum atomic E-state index is -0.357. The first-order chi connectivity index (χ1) is 19.4. The number of pyridine rings is 1. The first-order valence-electron chi connectivity index (χ1n) is 13.1. The molecule has 0 bridgehead atoms. The van der Waals surface area contributed by atoms with E-state index in [2.05, 4.69) is 51.6 Å². The number of aliphatic hydroxyl groups excluding tert-OH is 1. The number of hydrogen-bond donors (Lipinski definition) is 3. The van der Waals surface area contributed by atoms with Crippen LogP contribution in [0.5, 0.6) is 5.75 Å². The van der Waals surface area contributed by atoms with Crippen LogP contribution in [0.3, 0.4) is 0 Å². The molecule has 7 nitrogen and oxygen atoms in total. The van der Waals surface area contributed by atoms with Crippen molar-refractivity contribution in [1.82, 2.24) is 20.3 Å². The third kappa shape index (κ3) is 5.36. The van der Waals surface area contributed by atoms with Gasteiger partial charge in [0.15, 0.2) is 5.82 Å². The Labute approximate surface area is 233 Å². The lowest BCUT2D eigenvalue weighted by atomic mass is 9.90. The van der Waals surface area contributed by atoms with E-state index >= 15 is 4.39 Å². The molecule has 0 aliphatic rings. The molecule has 40 heavy (non-hydrogen) atoms. The number of methoxy groups -OCH3 is 1. The van der Waals surface area contributed by atoms with E-state index in [1.165, 1.54) is 0 Å². The van der Waals surface area contributed by atoms with E-state index in [0.717, 1.165) is 44.6 Å². The van der Waals surface area contributed by atoms with Gasteiger partial charge in [0.25, 0.3) is 0 Å². The Balaban J connectivity index is 1.51. The van der Waals surface area contributed by atoms with Crippen molar-refractivity contribution < 1.29 is 14.2 Å². The third-order valence-corrected chi connectivity index (χ3v) is 7.18. The van der Waals surface area contributed by atoms with Crippen molar-refractivity contribution in [3.8, 4) is 28.0 Å². The molecule has 1 atom stereocenters. The fourth-order valence-corrected chi connectivity index (χ4v) is 4.88. The van der Waals surface area contributed by atoms with Gasteiger partial charge >= 0.3 is 0 Å². The SMILES string of the molecule is COc1cc(-c2cccc(-c3cccc(Nc4nccc5nccnc45)c3C)c2C)cc(F)c1CN[C@H](C)CO. The van der Waals surface area contributed by atoms with E-state index in [-0.39, 0.29) is 25.0 Å². The second kappa shape index (κ2) is 11.8. The van der Waals surface area contributed by atoms with Crippen LogP contribution >= 0.6 is 0 Å². The molecule has 0 aliphatic carbocycles. The Morgan fingerprint density at radius 2 is 1.62 bits per heavy atom. The molecule has 3 aromatic carbocycles. The second-order valence-corrected chi connectivity index (χ2v) is 9.77. The van der Waals surface area contributed by atoms with Gasteiger partial charge in [-0.2, -0.15) is 0 Å². The summed E-state index contributed by atoms with van der Waals surface area (Å²) in [6, 6.07) is 17.3. The smallest absolute Gasteiger partial charge is 0.158 e. The number of hydrogen-bond acceptors (Lipinski definition) is 7. The van der Waals surface area contributed by atoms with Gasteiger partial charge < -0.3 is 20.5 Å². The highest BCUT2D eigenvalue weighted by Crippen LogP contribution is 2.38. The van der Waals surface area contributed by atoms with Crippen LogP contribution in [0.2, 0.25) is 0 Å². The van der Waals surface area contributed by atoms with Gasteiger partial charge in [-0.05, 0) is 78.4 Å². The van der Waals surface area contributed by atoms with E-state index in [9.17, 15) is 5.11 Å². The van der Waals surface area contributed by atoms with E-state index in [1.807, 2.05) is 43.3 Å². The summed E-state index contributed by atoms with van der Waals surface area (Å²) < 4.78 is 20.9. The molecule has 0 amide bonds. The predicted octanol–water partition coefficient (Wildman–Crippen LogP) is 6.34. The molecular formula is C32H32FN5O2. The molecule has 0 unspecified atom stereocenters. The molecule has 0 radical (unpaired) electrons. The molecule has 5 rings (SSSR count). The first kappa shape index (κ1) is 27.2. The zero-order chi connectivity index (χ0) is 28.2. The molecule has 0 aliphatic heterocycles. The van der Waals surface area contributed by atoms with Gasteiger partial charge in [0.1, 0.15) is 17.1 Å². The van der Waals surface area contributed by atoms with Crippen LogP contribution in [0.1, 0.15) is 23.6 Å². The maximum absolute atomic E-state index is 15.3. The van der Waals surface area contributed by atoms with E-state index in [0.29, 0.717) is 22.6 Å². The first-order valence-corrected chi connectivity index (χ1v) is 13.1. The number of anilines is 2. The number of rotatable bonds is 9. The number of benzene rings is 3. The van der Waals surface area contributed by atoms with Gasteiger partial charge in [-0.15, -0.1) is 0 Å². The quantitative estimate of drug-likeness (QED) is 0.202. The summed E-state index contributed by atoms with van der Waals surface area (Å²) in [7, 11) is 1.54. The summed E-state index contributed by atoms with van der Waals surface area (Å²) in [5, 5.41) is 15.9. The third-order valence-electron chi connectivity index (χ3n) is 7.18. The standard InChI is InChI=1S/C32H32FN5O2/c1-19(18-39)37-17-26-27(33)15-22(16-30(26)40-4)23-7-5-8-24(20(23)2)25-9-6-10-28(21(25)3)38-32-31-29(11-12-36-32)34-13-14-35-31/h5-16,19,37,39H,17-18H2,1-4H3,(H,36,38)/t19-/m1/s1. The van der Waals surface area contributed by atoms with Crippen LogP contribution in [0, 0.1) is 19.7 Å². The number of nitrogens with zero attached hydrogens (tertiary/aromatic N) is 3. The highest BCUT2D eigenvalue weighted by Gasteiger charge is 2.17. The Kier molecular flexibility index (Phi) is 8.00. The van der Waals surface area contributed by atoms with Crippen LogP contribution in [-0.2, 0) is 6.54 Å². The summed E-state index contributed by atoms with van der Waals surface area (Å²) in [5.74, 6) is 0.747. The maximum atomic E-state index is 15.3. The van der Waals surface area contributed by atoms with Gasteiger partial charge in [0, 0.05) is 42.4 Å². The van der Waals surface area contributed by atoms with E-state index < -0.39 is 0 Å². The minimum Gasteiger partial charge on any atom is -0.496 e. The topological polar surface area (TPSA) is 92.2 Å². The van der Waals surface area contributed by atoms with Crippen LogP contribution in [-0.4, -0.2) is 39.8 Å². The summed E-state index contributed by atoms with van der Waals surface area (Å²) >= 11 is 0. The predicted molar refractivity (Wildman–Crippen MR) is 157 cm³/mol. The monoisotopic (exact) mass is 537 g/mol. The van der Waals surface area contributed by atoms with Crippen LogP contribution < -0.4 is 15.4 Å². The molecular weight excluding hydrogens is 505 g/mol. The van der Waals surface area contributed by atoms with Crippen molar-refractivity contribution in [2.24, 2.45) is 0 Å². The lowest BCUT2D eigenvalue weighted by Gasteiger charge is -2.19. The van der Waals surface area contributed by atoms with Gasteiger partial charge in [0.05, 0.1) is 19.2 Å². The fourth-order valence-electron chi connectivity index (χ4n) is 4.88. The Morgan fingerprint density at radius 1 is 0.900 bits per heavy atom. The van der Waals surface area contributed by atoms with Crippen molar-refractivity contribution in [2.45, 2.75) is 33.4 Å². The van der Waals surface area contributed by atoms with Crippen LogP contribution in [0.4, 0.5) is 15.9 Å². The molecule has 204 valence electrons. The fraction of sp³-hybridized carbons (Fsp3) is 0.219. The Morgan fingerprint density at radius 3 is 2.40 bits per heavy atom. The molecule has 0 fully saturated rings. The van der Waals surface area contributed by atoms with Gasteiger partial charge in [-0.1, -0.05) is 30.3 Å². The van der Waals surface area contributed by atoms with Crippen molar-refractivity contribution >= 4 is 22.5 Å². The summed E-state index contributed by atoms with van der Waals surface area (Å²) in [6.45, 7) is 6.18. The summed E-state index contributed by atoms with van der Waals surface area (Å²) in [4.78, 5) is 13.3. The zero-order valence-electron chi connectivity index (χ0n) is 23.0. The summed E-state index contributed by atoms with van der Waals surface area (Å²) in [5.41, 5.74) is 8.65. The molecule has 0 spiro atoms. The van der Waals surface area contributed by atoms with Crippen molar-refractivity contribution in [3.05, 3.63) is 95.7 Å². The number of halogens is 1. The number of aromatic nitrogens is 3. The Bertz CT molecular complexity index is 1670. The lowest BCUT2D eigenvalue weighted by Crippen LogP contribution is -2.29. The van der Waals surface area contributed by atoms with Gasteiger partial charge in [0.2, 0.25) is 0 Å². The molecule has 3 N–H and O–H groups in total. The van der Waals surface area contributed by atoms with Crippen LogP contribution in [0.25, 0.3) is 33.3 Å². The molecule has 5 aromatic rings. The number of aliphatic hydroxyl groups is 1. The van der Waals surface area contributed by atoms with Crippen molar-refractivity contribution in [1.29, 1.82) is 0 Å². The number of nitrogens with one attached hydrogen (secondary N) is 2. The van der Waals surface area contributed by atoms with Gasteiger partial charge in [-0.3, -0.25) is 4.98 Å². The molecule has 0 saturated heterocycles. The average molecular weight is 538 g/mol. The van der Waals surface area contributed by atoms with Crippen molar-refractivity contribution in [2.75, 3.05) is 19.0 Å². The number of fused-ring (bicyclic) bond motifs is 1. The number of ether oxygens (including phenoxy) is 1. The zero-order valence-corrected chi connectivity index (χ0v) is 23.0. The second-order valence-electron chi connectivity index (χ2n) is 9.77. The highest BCUT2D eigenvalue weighted by atomic mass is 19.1. The molecule has 2 heterocycles. The summed E-state index contributed by atoms with van der Waals surface area (Å²) in [6.07, 6.45) is 5.04. The van der Waals surface area contributed by atoms with Crippen molar-refractivity contribution in [3.63, 3.8) is 0 Å². The largest absolute Gasteiger partial charge is 0.496 e.